The topological polar surface area (TPSA) is 79.9 Å². The van der Waals surface area contributed by atoms with E-state index in [0.29, 0.717) is 17.8 Å². The van der Waals surface area contributed by atoms with Crippen LogP contribution in [0.25, 0.3) is 0 Å². The third kappa shape index (κ3) is 1.97. The van der Waals surface area contributed by atoms with Crippen molar-refractivity contribution in [2.75, 3.05) is 6.26 Å². The fourth-order valence-corrected chi connectivity index (χ4v) is 3.92. The molecule has 1 aromatic carbocycles. The number of nitrogens with zero attached hydrogens (tertiary/aromatic N) is 2. The van der Waals surface area contributed by atoms with E-state index in [1.807, 2.05) is 0 Å². The molecule has 0 aliphatic carbocycles. The van der Waals surface area contributed by atoms with Gasteiger partial charge in [0.2, 0.25) is 0 Å². The summed E-state index contributed by atoms with van der Waals surface area (Å²) in [6.45, 7) is 0.344. The van der Waals surface area contributed by atoms with Crippen molar-refractivity contribution in [1.82, 2.24) is 4.57 Å². The summed E-state index contributed by atoms with van der Waals surface area (Å²) in [5, 5.41) is 9.83. The zero-order valence-corrected chi connectivity index (χ0v) is 12.8. The number of aromatic nitrogens is 1. The van der Waals surface area contributed by atoms with E-state index in [9.17, 15) is 18.5 Å². The maximum Gasteiger partial charge on any atom is 0.190 e. The lowest BCUT2D eigenvalue weighted by Gasteiger charge is -2.18. The monoisotopic (exact) mass is 314 g/mol. The van der Waals surface area contributed by atoms with Gasteiger partial charge in [-0.2, -0.15) is 5.26 Å². The summed E-state index contributed by atoms with van der Waals surface area (Å²) in [4.78, 5) is 12.8. The lowest BCUT2D eigenvalue weighted by Crippen LogP contribution is -2.32. The van der Waals surface area contributed by atoms with Crippen LogP contribution >= 0.6 is 0 Å². The van der Waals surface area contributed by atoms with E-state index in [1.165, 1.54) is 6.07 Å². The molecule has 22 heavy (non-hydrogen) atoms. The van der Waals surface area contributed by atoms with Crippen molar-refractivity contribution in [3.63, 3.8) is 0 Å². The SMILES string of the molecule is CS(=O)(=O)c1ccc2n1CCC2(C#N)C(=O)c1ccccc1. The van der Waals surface area contributed by atoms with Crippen molar-refractivity contribution in [2.45, 2.75) is 23.4 Å². The first-order valence-corrected chi connectivity index (χ1v) is 8.70. The predicted molar refractivity (Wildman–Crippen MR) is 80.2 cm³/mol. The summed E-state index contributed by atoms with van der Waals surface area (Å²) >= 11 is 0. The number of rotatable bonds is 3. The summed E-state index contributed by atoms with van der Waals surface area (Å²) in [6.07, 6.45) is 1.41. The lowest BCUT2D eigenvalue weighted by atomic mass is 9.78. The number of ketones is 1. The highest BCUT2D eigenvalue weighted by Gasteiger charge is 2.48. The number of fused-ring (bicyclic) bond motifs is 1. The van der Waals surface area contributed by atoms with Gasteiger partial charge in [-0.15, -0.1) is 0 Å². The van der Waals surface area contributed by atoms with E-state index in [2.05, 4.69) is 6.07 Å². The van der Waals surface area contributed by atoms with Crippen LogP contribution in [-0.2, 0) is 21.8 Å². The number of sulfone groups is 1. The number of hydrogen-bond donors (Lipinski definition) is 0. The van der Waals surface area contributed by atoms with Gasteiger partial charge in [0.15, 0.2) is 21.0 Å². The first-order valence-electron chi connectivity index (χ1n) is 6.81. The van der Waals surface area contributed by atoms with Crippen molar-refractivity contribution in [2.24, 2.45) is 0 Å². The molecule has 1 aromatic heterocycles. The minimum atomic E-state index is -3.39. The highest BCUT2D eigenvalue weighted by atomic mass is 32.2. The number of Topliss-reactive ketones (excluding diaryl/α,β-unsaturated/α-hetero) is 1. The Hall–Kier alpha value is -2.39. The van der Waals surface area contributed by atoms with E-state index in [-0.39, 0.29) is 17.2 Å². The molecule has 0 fully saturated rings. The molecule has 1 atom stereocenters. The van der Waals surface area contributed by atoms with E-state index in [0.717, 1.165) is 6.26 Å². The number of nitriles is 1. The van der Waals surface area contributed by atoms with E-state index >= 15 is 0 Å². The van der Waals surface area contributed by atoms with Crippen LogP contribution in [0.4, 0.5) is 0 Å². The van der Waals surface area contributed by atoms with Gasteiger partial charge in [-0.3, -0.25) is 4.79 Å². The molecule has 1 unspecified atom stereocenters. The number of hydrogen-bond acceptors (Lipinski definition) is 4. The van der Waals surface area contributed by atoms with Crippen LogP contribution in [0.3, 0.4) is 0 Å². The molecule has 0 spiro atoms. The Morgan fingerprint density at radius 1 is 1.23 bits per heavy atom. The fourth-order valence-electron chi connectivity index (χ4n) is 3.01. The Morgan fingerprint density at radius 2 is 1.91 bits per heavy atom. The number of benzene rings is 1. The van der Waals surface area contributed by atoms with Crippen molar-refractivity contribution >= 4 is 15.6 Å². The van der Waals surface area contributed by atoms with Gasteiger partial charge in [0, 0.05) is 24.1 Å². The van der Waals surface area contributed by atoms with Gasteiger partial charge in [0.05, 0.1) is 6.07 Å². The van der Waals surface area contributed by atoms with Crippen molar-refractivity contribution < 1.29 is 13.2 Å². The number of carbonyl (C=O) groups is 1. The molecule has 0 saturated heterocycles. The lowest BCUT2D eigenvalue weighted by molar-refractivity contribution is 0.0921. The van der Waals surface area contributed by atoms with Gasteiger partial charge in [0.1, 0.15) is 5.03 Å². The van der Waals surface area contributed by atoms with Crippen LogP contribution in [-0.4, -0.2) is 25.0 Å². The second-order valence-electron chi connectivity index (χ2n) is 5.44. The molecule has 0 N–H and O–H groups in total. The number of carbonyl (C=O) groups excluding carboxylic acids is 1. The summed E-state index contributed by atoms with van der Waals surface area (Å²) in [5.41, 5.74) is -0.395. The Bertz CT molecular complexity index is 891. The van der Waals surface area contributed by atoms with Crippen molar-refractivity contribution in [3.8, 4) is 6.07 Å². The minimum absolute atomic E-state index is 0.153. The quantitative estimate of drug-likeness (QED) is 0.811. The zero-order valence-electron chi connectivity index (χ0n) is 12.0. The molecule has 5 nitrogen and oxygen atoms in total. The molecule has 2 heterocycles. The Morgan fingerprint density at radius 3 is 2.50 bits per heavy atom. The van der Waals surface area contributed by atoms with Gasteiger partial charge < -0.3 is 4.57 Å². The molecule has 0 radical (unpaired) electrons. The summed E-state index contributed by atoms with van der Waals surface area (Å²) < 4.78 is 25.2. The zero-order chi connectivity index (χ0) is 16.0. The van der Waals surface area contributed by atoms with Gasteiger partial charge in [-0.1, -0.05) is 30.3 Å². The van der Waals surface area contributed by atoms with Gasteiger partial charge in [-0.25, -0.2) is 8.42 Å². The normalized spacial score (nSPS) is 20.4. The average molecular weight is 314 g/mol. The minimum Gasteiger partial charge on any atom is -0.334 e. The molecular weight excluding hydrogens is 300 g/mol. The van der Waals surface area contributed by atoms with E-state index < -0.39 is 15.3 Å². The molecule has 1 aliphatic rings. The maximum atomic E-state index is 12.8. The van der Waals surface area contributed by atoms with E-state index in [1.54, 1.807) is 41.0 Å². The molecule has 0 amide bonds. The molecular formula is C16H14N2O3S. The standard InChI is InChI=1S/C16H14N2O3S/c1-22(20,21)14-8-7-13-16(11-17,9-10-18(13)14)15(19)12-5-3-2-4-6-12/h2-8H,9-10H2,1H3. The smallest absolute Gasteiger partial charge is 0.190 e. The first kappa shape index (κ1) is 14.5. The molecule has 3 rings (SSSR count). The molecule has 0 saturated carbocycles. The highest BCUT2D eigenvalue weighted by Crippen LogP contribution is 2.39. The van der Waals surface area contributed by atoms with Crippen LogP contribution in [0, 0.1) is 11.3 Å². The van der Waals surface area contributed by atoms with Crippen LogP contribution in [0.2, 0.25) is 0 Å². The molecule has 6 heteroatoms. The van der Waals surface area contributed by atoms with E-state index in [4.69, 9.17) is 0 Å². The third-order valence-electron chi connectivity index (χ3n) is 4.08. The maximum absolute atomic E-state index is 12.8. The van der Waals surface area contributed by atoms with Crippen molar-refractivity contribution in [1.29, 1.82) is 5.26 Å². The molecule has 112 valence electrons. The Labute approximate surface area is 128 Å². The Balaban J connectivity index is 2.16. The Kier molecular flexibility index (Phi) is 3.18. The second-order valence-corrected chi connectivity index (χ2v) is 7.41. The molecule has 2 aromatic rings. The summed E-state index contributed by atoms with van der Waals surface area (Å²) in [5.74, 6) is -0.285. The van der Waals surface area contributed by atoms with Crippen LogP contribution < -0.4 is 0 Å². The second kappa shape index (κ2) is 4.82. The fraction of sp³-hybridized carbons (Fsp3) is 0.250. The third-order valence-corrected chi connectivity index (χ3v) is 5.20. The van der Waals surface area contributed by atoms with Gasteiger partial charge in [-0.05, 0) is 18.6 Å². The average Bonchev–Trinajstić information content (AvgIpc) is 3.07. The van der Waals surface area contributed by atoms with Crippen LogP contribution in [0.15, 0.2) is 47.5 Å². The largest absolute Gasteiger partial charge is 0.334 e. The van der Waals surface area contributed by atoms with Gasteiger partial charge >= 0.3 is 0 Å². The van der Waals surface area contributed by atoms with Gasteiger partial charge in [0.25, 0.3) is 0 Å². The molecule has 0 bridgehead atoms. The van der Waals surface area contributed by atoms with Crippen molar-refractivity contribution in [3.05, 3.63) is 53.7 Å². The van der Waals surface area contributed by atoms with Crippen LogP contribution in [0.5, 0.6) is 0 Å². The predicted octanol–water partition coefficient (Wildman–Crippen LogP) is 1.94. The summed E-state index contributed by atoms with van der Waals surface area (Å²) in [7, 11) is -3.39. The highest BCUT2D eigenvalue weighted by molar-refractivity contribution is 7.90. The summed E-state index contributed by atoms with van der Waals surface area (Å²) in [6, 6.07) is 13.8. The van der Waals surface area contributed by atoms with Crippen LogP contribution in [0.1, 0.15) is 22.5 Å². The first-order chi connectivity index (χ1) is 10.4. The molecule has 1 aliphatic heterocycles.